The Morgan fingerprint density at radius 1 is 1.33 bits per heavy atom. The van der Waals surface area contributed by atoms with E-state index in [1.54, 1.807) is 38.2 Å². The van der Waals surface area contributed by atoms with E-state index in [1.165, 1.54) is 23.5 Å². The number of carbonyl (C=O) groups excluding carboxylic acids is 2. The van der Waals surface area contributed by atoms with Crippen LogP contribution in [0.4, 0.5) is 11.5 Å². The minimum Gasteiger partial charge on any atom is -0.360 e. The van der Waals surface area contributed by atoms with E-state index in [0.717, 1.165) is 5.03 Å². The number of anilines is 2. The lowest BCUT2D eigenvalue weighted by Gasteiger charge is -2.10. The molecule has 0 aromatic carbocycles. The van der Waals surface area contributed by atoms with Crippen LogP contribution in [0.25, 0.3) is 0 Å². The summed E-state index contributed by atoms with van der Waals surface area (Å²) in [5, 5.41) is 9.57. The number of thioether (sulfide) groups is 2. The van der Waals surface area contributed by atoms with Gasteiger partial charge in [-0.1, -0.05) is 5.16 Å². The fourth-order valence-corrected chi connectivity index (χ4v) is 2.82. The van der Waals surface area contributed by atoms with Crippen LogP contribution in [-0.4, -0.2) is 39.2 Å². The van der Waals surface area contributed by atoms with Crippen molar-refractivity contribution in [3.05, 3.63) is 30.2 Å². The SMILES string of the molecule is CSc1cc(NC(=O)CS[C@H](C)C(=O)Nc2cc(C)on2)ccn1. The van der Waals surface area contributed by atoms with Crippen molar-refractivity contribution in [1.29, 1.82) is 0 Å². The van der Waals surface area contributed by atoms with Gasteiger partial charge < -0.3 is 15.2 Å². The van der Waals surface area contributed by atoms with E-state index in [1.807, 2.05) is 6.26 Å². The minimum atomic E-state index is -0.396. The van der Waals surface area contributed by atoms with Gasteiger partial charge in [0.05, 0.1) is 16.0 Å². The molecule has 0 saturated carbocycles. The molecule has 0 unspecified atom stereocenters. The second kappa shape index (κ2) is 8.74. The molecule has 0 aliphatic carbocycles. The molecule has 2 aromatic heterocycles. The smallest absolute Gasteiger partial charge is 0.238 e. The highest BCUT2D eigenvalue weighted by Crippen LogP contribution is 2.18. The molecule has 2 aromatic rings. The van der Waals surface area contributed by atoms with Crippen molar-refractivity contribution >= 4 is 46.8 Å². The highest BCUT2D eigenvalue weighted by molar-refractivity contribution is 8.01. The summed E-state index contributed by atoms with van der Waals surface area (Å²) in [6.07, 6.45) is 3.56. The van der Waals surface area contributed by atoms with Crippen LogP contribution in [0.15, 0.2) is 33.9 Å². The fourth-order valence-electron chi connectivity index (χ4n) is 1.73. The number of aryl methyl sites for hydroxylation is 1. The minimum absolute atomic E-state index is 0.170. The second-order valence-corrected chi connectivity index (χ2v) is 7.06. The van der Waals surface area contributed by atoms with Crippen LogP contribution in [0.2, 0.25) is 0 Å². The molecule has 9 heteroatoms. The summed E-state index contributed by atoms with van der Waals surface area (Å²) in [5.41, 5.74) is 0.690. The standard InChI is InChI=1S/C15H18N4O3S2/c1-9-6-12(19-22-9)18-15(21)10(2)24-8-13(20)17-11-4-5-16-14(7-11)23-3/h4-7,10H,8H2,1-3H3,(H,16,17,20)(H,18,19,21)/t10-/m1/s1. The molecule has 0 saturated heterocycles. The molecule has 128 valence electrons. The lowest BCUT2D eigenvalue weighted by atomic mass is 10.4. The van der Waals surface area contributed by atoms with Gasteiger partial charge in [-0.2, -0.15) is 0 Å². The number of pyridine rings is 1. The first-order chi connectivity index (χ1) is 11.5. The van der Waals surface area contributed by atoms with Crippen LogP contribution in [0, 0.1) is 6.92 Å². The van der Waals surface area contributed by atoms with Crippen molar-refractivity contribution in [2.75, 3.05) is 22.6 Å². The molecular formula is C15H18N4O3S2. The molecule has 2 amide bonds. The van der Waals surface area contributed by atoms with E-state index in [9.17, 15) is 9.59 Å². The number of amides is 2. The van der Waals surface area contributed by atoms with Gasteiger partial charge in [0.15, 0.2) is 5.82 Å². The van der Waals surface area contributed by atoms with Gasteiger partial charge in [-0.15, -0.1) is 23.5 Å². The lowest BCUT2D eigenvalue weighted by Crippen LogP contribution is -2.25. The molecule has 0 aliphatic heterocycles. The van der Waals surface area contributed by atoms with Gasteiger partial charge >= 0.3 is 0 Å². The topological polar surface area (TPSA) is 97.1 Å². The first-order valence-corrected chi connectivity index (χ1v) is 9.41. The first kappa shape index (κ1) is 18.3. The number of nitrogens with one attached hydrogen (secondary N) is 2. The zero-order valence-corrected chi connectivity index (χ0v) is 15.2. The average molecular weight is 366 g/mol. The number of hydrogen-bond acceptors (Lipinski definition) is 7. The van der Waals surface area contributed by atoms with Gasteiger partial charge in [-0.3, -0.25) is 9.59 Å². The van der Waals surface area contributed by atoms with Crippen molar-refractivity contribution in [3.8, 4) is 0 Å². The van der Waals surface area contributed by atoms with Crippen molar-refractivity contribution in [3.63, 3.8) is 0 Å². The van der Waals surface area contributed by atoms with Crippen molar-refractivity contribution in [2.24, 2.45) is 0 Å². The summed E-state index contributed by atoms with van der Waals surface area (Å²) >= 11 is 2.75. The van der Waals surface area contributed by atoms with E-state index in [2.05, 4.69) is 20.8 Å². The van der Waals surface area contributed by atoms with Crippen LogP contribution >= 0.6 is 23.5 Å². The molecule has 1 atom stereocenters. The van der Waals surface area contributed by atoms with Crippen molar-refractivity contribution < 1.29 is 14.1 Å². The molecular weight excluding hydrogens is 348 g/mol. The Kier molecular flexibility index (Phi) is 6.68. The number of carbonyl (C=O) groups is 2. The average Bonchev–Trinajstić information content (AvgIpc) is 2.97. The highest BCUT2D eigenvalue weighted by Gasteiger charge is 2.17. The summed E-state index contributed by atoms with van der Waals surface area (Å²) in [6, 6.07) is 5.16. The van der Waals surface area contributed by atoms with Gasteiger partial charge in [0.25, 0.3) is 0 Å². The molecule has 0 radical (unpaired) electrons. The summed E-state index contributed by atoms with van der Waals surface area (Å²) in [4.78, 5) is 28.1. The number of rotatable bonds is 7. The van der Waals surface area contributed by atoms with Crippen molar-refractivity contribution in [1.82, 2.24) is 10.1 Å². The van der Waals surface area contributed by atoms with E-state index < -0.39 is 5.25 Å². The summed E-state index contributed by atoms with van der Waals surface area (Å²) in [5.74, 6) is 0.760. The number of nitrogens with zero attached hydrogens (tertiary/aromatic N) is 2. The highest BCUT2D eigenvalue weighted by atomic mass is 32.2. The van der Waals surface area contributed by atoms with Gasteiger partial charge in [-0.05, 0) is 32.2 Å². The van der Waals surface area contributed by atoms with E-state index in [-0.39, 0.29) is 17.6 Å². The summed E-state index contributed by atoms with van der Waals surface area (Å²) in [6.45, 7) is 3.48. The van der Waals surface area contributed by atoms with Crippen molar-refractivity contribution in [2.45, 2.75) is 24.1 Å². The van der Waals surface area contributed by atoms with Gasteiger partial charge in [0, 0.05) is 18.0 Å². The molecule has 7 nitrogen and oxygen atoms in total. The Balaban J connectivity index is 1.78. The van der Waals surface area contributed by atoms with E-state index >= 15 is 0 Å². The first-order valence-electron chi connectivity index (χ1n) is 7.13. The Bertz CT molecular complexity index is 720. The summed E-state index contributed by atoms with van der Waals surface area (Å²) in [7, 11) is 0. The molecule has 0 aliphatic rings. The number of aromatic nitrogens is 2. The third-order valence-electron chi connectivity index (χ3n) is 2.94. The summed E-state index contributed by atoms with van der Waals surface area (Å²) < 4.78 is 4.89. The molecule has 24 heavy (non-hydrogen) atoms. The van der Waals surface area contributed by atoms with E-state index in [0.29, 0.717) is 17.3 Å². The van der Waals surface area contributed by atoms with Crippen LogP contribution in [0.5, 0.6) is 0 Å². The Labute approximate surface area is 148 Å². The van der Waals surface area contributed by atoms with Gasteiger partial charge in [0.1, 0.15) is 5.76 Å². The molecule has 0 bridgehead atoms. The molecule has 0 spiro atoms. The normalized spacial score (nSPS) is 11.8. The Hall–Kier alpha value is -2.00. The largest absolute Gasteiger partial charge is 0.360 e. The maximum Gasteiger partial charge on any atom is 0.238 e. The fraction of sp³-hybridized carbons (Fsp3) is 0.333. The molecule has 0 fully saturated rings. The Morgan fingerprint density at radius 2 is 2.12 bits per heavy atom. The second-order valence-electron chi connectivity index (χ2n) is 4.90. The van der Waals surface area contributed by atoms with E-state index in [4.69, 9.17) is 4.52 Å². The van der Waals surface area contributed by atoms with Crippen LogP contribution in [0.3, 0.4) is 0 Å². The van der Waals surface area contributed by atoms with Gasteiger partial charge in [0.2, 0.25) is 11.8 Å². The monoisotopic (exact) mass is 366 g/mol. The predicted molar refractivity (Wildman–Crippen MR) is 96.4 cm³/mol. The lowest BCUT2D eigenvalue weighted by molar-refractivity contribution is -0.115. The van der Waals surface area contributed by atoms with Gasteiger partial charge in [-0.25, -0.2) is 4.98 Å². The van der Waals surface area contributed by atoms with Crippen LogP contribution in [-0.2, 0) is 9.59 Å². The number of hydrogen-bond donors (Lipinski definition) is 2. The quantitative estimate of drug-likeness (QED) is 0.727. The zero-order valence-electron chi connectivity index (χ0n) is 13.5. The predicted octanol–water partition coefficient (Wildman–Crippen LogP) is 2.80. The maximum absolute atomic E-state index is 12.0. The molecule has 2 heterocycles. The molecule has 2 rings (SSSR count). The Morgan fingerprint density at radius 3 is 2.79 bits per heavy atom. The third-order valence-corrected chi connectivity index (χ3v) is 4.73. The van der Waals surface area contributed by atoms with Crippen LogP contribution < -0.4 is 10.6 Å². The zero-order chi connectivity index (χ0) is 17.5. The van der Waals surface area contributed by atoms with Crippen LogP contribution in [0.1, 0.15) is 12.7 Å². The third kappa shape index (κ3) is 5.57. The molecule has 2 N–H and O–H groups in total. The maximum atomic E-state index is 12.0.